The predicted molar refractivity (Wildman–Crippen MR) is 40.5 cm³/mol. The second kappa shape index (κ2) is 2.30. The zero-order valence-corrected chi connectivity index (χ0v) is 6.60. The Kier molecular flexibility index (Phi) is 1.44. The van der Waals surface area contributed by atoms with Gasteiger partial charge in [-0.2, -0.15) is 0 Å². The highest BCUT2D eigenvalue weighted by Crippen LogP contribution is 2.54. The second-order valence-electron chi connectivity index (χ2n) is 1.84. The molecule has 0 amide bonds. The lowest BCUT2D eigenvalue weighted by molar-refractivity contribution is 0.595. The number of hydrogen-bond acceptors (Lipinski definition) is 2. The molecular formula is C6H4ClO2P. The first kappa shape index (κ1) is 6.26. The minimum atomic E-state index is -1.22. The van der Waals surface area contributed by atoms with E-state index in [0.717, 1.165) is 11.5 Å². The van der Waals surface area contributed by atoms with E-state index in [2.05, 4.69) is 0 Å². The van der Waals surface area contributed by atoms with Crippen LogP contribution in [0.25, 0.3) is 0 Å². The summed E-state index contributed by atoms with van der Waals surface area (Å²) in [5.41, 5.74) is 0. The summed E-state index contributed by atoms with van der Waals surface area (Å²) in [6, 6.07) is 7.43. The summed E-state index contributed by atoms with van der Waals surface area (Å²) in [7, 11) is -1.22. The van der Waals surface area contributed by atoms with Gasteiger partial charge in [-0.25, -0.2) is 0 Å². The van der Waals surface area contributed by atoms with E-state index in [1.54, 1.807) is 0 Å². The van der Waals surface area contributed by atoms with Crippen molar-refractivity contribution in [1.29, 1.82) is 0 Å². The maximum Gasteiger partial charge on any atom is 0.401 e. The molecule has 0 saturated heterocycles. The average molecular weight is 175 g/mol. The fourth-order valence-electron chi connectivity index (χ4n) is 0.774. The van der Waals surface area contributed by atoms with Crippen molar-refractivity contribution < 1.29 is 9.05 Å². The van der Waals surface area contributed by atoms with Crippen LogP contribution in [0, 0.1) is 0 Å². The first-order valence-electron chi connectivity index (χ1n) is 2.77. The Morgan fingerprint density at radius 1 is 1.10 bits per heavy atom. The Morgan fingerprint density at radius 2 is 1.60 bits per heavy atom. The monoisotopic (exact) mass is 174 g/mol. The third-order valence-corrected chi connectivity index (χ3v) is 2.28. The van der Waals surface area contributed by atoms with Gasteiger partial charge in [-0.3, -0.25) is 0 Å². The lowest BCUT2D eigenvalue weighted by atomic mass is 10.3. The Hall–Kier alpha value is -0.460. The van der Waals surface area contributed by atoms with Crippen molar-refractivity contribution in [2.24, 2.45) is 0 Å². The zero-order valence-electron chi connectivity index (χ0n) is 4.95. The highest BCUT2D eigenvalue weighted by atomic mass is 35.7. The number of fused-ring (bicyclic) bond motifs is 1. The van der Waals surface area contributed by atoms with Crippen LogP contribution in [0.5, 0.6) is 11.5 Å². The standard InChI is InChI=1S/C6H4ClO2P/c7-10-8-5-3-1-2-4-6(5)9-10/h1-4H. The molecule has 0 aromatic heterocycles. The molecule has 10 heavy (non-hydrogen) atoms. The van der Waals surface area contributed by atoms with E-state index < -0.39 is 7.73 Å². The van der Waals surface area contributed by atoms with Gasteiger partial charge in [0.15, 0.2) is 11.5 Å². The molecule has 1 aromatic rings. The Bertz CT molecular complexity index is 228. The molecule has 1 aliphatic rings. The molecule has 0 atom stereocenters. The molecule has 0 saturated carbocycles. The maximum atomic E-state index is 5.60. The van der Waals surface area contributed by atoms with E-state index >= 15 is 0 Å². The molecule has 0 aliphatic carbocycles. The van der Waals surface area contributed by atoms with Crippen LogP contribution in [-0.2, 0) is 0 Å². The van der Waals surface area contributed by atoms with Crippen molar-refractivity contribution in [1.82, 2.24) is 0 Å². The summed E-state index contributed by atoms with van der Waals surface area (Å²) in [5.74, 6) is 1.48. The third-order valence-electron chi connectivity index (χ3n) is 1.19. The van der Waals surface area contributed by atoms with Gasteiger partial charge in [-0.05, 0) is 23.4 Å². The van der Waals surface area contributed by atoms with Gasteiger partial charge in [0.25, 0.3) is 0 Å². The normalized spacial score (nSPS) is 15.7. The van der Waals surface area contributed by atoms with E-state index in [4.69, 9.17) is 20.3 Å². The molecular weight excluding hydrogens is 170 g/mol. The quantitative estimate of drug-likeness (QED) is 0.563. The number of halogens is 1. The molecule has 2 nitrogen and oxygen atoms in total. The molecule has 1 aromatic carbocycles. The van der Waals surface area contributed by atoms with Crippen molar-refractivity contribution >= 4 is 19.0 Å². The Morgan fingerprint density at radius 3 is 2.10 bits per heavy atom. The van der Waals surface area contributed by atoms with Crippen LogP contribution in [0.2, 0.25) is 0 Å². The van der Waals surface area contributed by atoms with Gasteiger partial charge in [-0.1, -0.05) is 12.1 Å². The highest BCUT2D eigenvalue weighted by Gasteiger charge is 2.22. The van der Waals surface area contributed by atoms with E-state index in [9.17, 15) is 0 Å². The van der Waals surface area contributed by atoms with Crippen molar-refractivity contribution in [3.63, 3.8) is 0 Å². The van der Waals surface area contributed by atoms with Crippen LogP contribution in [-0.4, -0.2) is 0 Å². The Balaban J connectivity index is 2.42. The summed E-state index contributed by atoms with van der Waals surface area (Å²) in [6.07, 6.45) is 0. The molecule has 1 aliphatic heterocycles. The summed E-state index contributed by atoms with van der Waals surface area (Å²) in [6.45, 7) is 0. The number of hydrogen-bond donors (Lipinski definition) is 0. The SMILES string of the molecule is ClP1Oc2ccccc2O1. The number of benzene rings is 1. The van der Waals surface area contributed by atoms with Gasteiger partial charge in [0.2, 0.25) is 0 Å². The van der Waals surface area contributed by atoms with Crippen LogP contribution < -0.4 is 9.05 Å². The molecule has 1 heterocycles. The van der Waals surface area contributed by atoms with Crippen LogP contribution in [0.4, 0.5) is 0 Å². The van der Waals surface area contributed by atoms with Gasteiger partial charge < -0.3 is 9.05 Å². The topological polar surface area (TPSA) is 18.5 Å². The fourth-order valence-corrected chi connectivity index (χ4v) is 1.87. The number of para-hydroxylation sites is 2. The van der Waals surface area contributed by atoms with E-state index in [0.29, 0.717) is 0 Å². The lowest BCUT2D eigenvalue weighted by Gasteiger charge is -1.93. The predicted octanol–water partition coefficient (Wildman–Crippen LogP) is 2.92. The smallest absolute Gasteiger partial charge is 0.401 e. The molecule has 2 rings (SSSR count). The summed E-state index contributed by atoms with van der Waals surface area (Å²) in [5, 5.41) is 0. The van der Waals surface area contributed by atoms with E-state index in [1.807, 2.05) is 24.3 Å². The highest BCUT2D eigenvalue weighted by molar-refractivity contribution is 7.76. The number of rotatable bonds is 0. The molecule has 52 valence electrons. The molecule has 0 bridgehead atoms. The van der Waals surface area contributed by atoms with Crippen LogP contribution >= 0.6 is 19.0 Å². The largest absolute Gasteiger partial charge is 0.423 e. The van der Waals surface area contributed by atoms with Gasteiger partial charge in [-0.15, -0.1) is 0 Å². The maximum absolute atomic E-state index is 5.60. The summed E-state index contributed by atoms with van der Waals surface area (Å²) < 4.78 is 10.2. The van der Waals surface area contributed by atoms with Crippen LogP contribution in [0.15, 0.2) is 24.3 Å². The van der Waals surface area contributed by atoms with Crippen LogP contribution in [0.1, 0.15) is 0 Å². The molecule has 0 spiro atoms. The van der Waals surface area contributed by atoms with Crippen molar-refractivity contribution in [3.05, 3.63) is 24.3 Å². The first-order valence-corrected chi connectivity index (χ1v) is 4.85. The van der Waals surface area contributed by atoms with Crippen LogP contribution in [0.3, 0.4) is 0 Å². The average Bonchev–Trinajstić information content (AvgIpc) is 2.27. The molecule has 0 radical (unpaired) electrons. The van der Waals surface area contributed by atoms with Gasteiger partial charge in [0.05, 0.1) is 0 Å². The minimum Gasteiger partial charge on any atom is -0.423 e. The molecule has 0 unspecified atom stereocenters. The second-order valence-corrected chi connectivity index (χ2v) is 3.46. The molecule has 4 heteroatoms. The summed E-state index contributed by atoms with van der Waals surface area (Å²) in [4.78, 5) is 0. The van der Waals surface area contributed by atoms with Gasteiger partial charge in [0, 0.05) is 0 Å². The summed E-state index contributed by atoms with van der Waals surface area (Å²) >= 11 is 5.60. The van der Waals surface area contributed by atoms with Crippen molar-refractivity contribution in [2.45, 2.75) is 0 Å². The lowest BCUT2D eigenvalue weighted by Crippen LogP contribution is -1.72. The van der Waals surface area contributed by atoms with Crippen molar-refractivity contribution in [2.75, 3.05) is 0 Å². The van der Waals surface area contributed by atoms with E-state index in [-0.39, 0.29) is 0 Å². The fraction of sp³-hybridized carbons (Fsp3) is 0. The van der Waals surface area contributed by atoms with Crippen molar-refractivity contribution in [3.8, 4) is 11.5 Å². The van der Waals surface area contributed by atoms with Gasteiger partial charge in [0.1, 0.15) is 0 Å². The minimum absolute atomic E-state index is 0.739. The van der Waals surface area contributed by atoms with Gasteiger partial charge >= 0.3 is 7.73 Å². The van der Waals surface area contributed by atoms with E-state index in [1.165, 1.54) is 0 Å². The first-order chi connectivity index (χ1) is 4.86. The molecule has 0 N–H and O–H groups in total. The third kappa shape index (κ3) is 0.938. The molecule has 0 fully saturated rings. The Labute approximate surface area is 64.4 Å². The zero-order chi connectivity index (χ0) is 6.97.